The van der Waals surface area contributed by atoms with Crippen molar-refractivity contribution in [2.75, 3.05) is 31.1 Å². The van der Waals surface area contributed by atoms with Crippen molar-refractivity contribution < 1.29 is 0 Å². The molecule has 1 aromatic rings. The van der Waals surface area contributed by atoms with E-state index in [-0.39, 0.29) is 0 Å². The van der Waals surface area contributed by atoms with E-state index in [9.17, 15) is 0 Å². The summed E-state index contributed by atoms with van der Waals surface area (Å²) in [5.74, 6) is 0.510. The average Bonchev–Trinajstić information content (AvgIpc) is 2.90. The van der Waals surface area contributed by atoms with Crippen LogP contribution in [-0.2, 0) is 6.54 Å². The van der Waals surface area contributed by atoms with E-state index in [2.05, 4.69) is 37.5 Å². The summed E-state index contributed by atoms with van der Waals surface area (Å²) in [5.41, 5.74) is 7.11. The molecule has 5 heteroatoms. The number of piperazine rings is 1. The van der Waals surface area contributed by atoms with Gasteiger partial charge in [-0.2, -0.15) is 0 Å². The Morgan fingerprint density at radius 2 is 1.85 bits per heavy atom. The summed E-state index contributed by atoms with van der Waals surface area (Å²) < 4.78 is 0. The number of hydrogen-bond donors (Lipinski definition) is 1. The Morgan fingerprint density at radius 3 is 2.35 bits per heavy atom. The molecular weight excluding hydrogens is 268 g/mol. The smallest absolute Gasteiger partial charge is 0.185 e. The van der Waals surface area contributed by atoms with Crippen molar-refractivity contribution in [1.82, 2.24) is 9.88 Å². The van der Waals surface area contributed by atoms with Crippen LogP contribution in [0.2, 0.25) is 0 Å². The lowest BCUT2D eigenvalue weighted by Gasteiger charge is -2.36. The molecular formula is C15H28N4S. The summed E-state index contributed by atoms with van der Waals surface area (Å²) in [6.07, 6.45) is 1.12. The highest BCUT2D eigenvalue weighted by Crippen LogP contribution is 2.32. The number of hydrogen-bond acceptors (Lipinski definition) is 5. The molecule has 2 N–H and O–H groups in total. The molecule has 0 radical (unpaired) electrons. The molecule has 0 aliphatic carbocycles. The first-order valence-corrected chi connectivity index (χ1v) is 8.57. The van der Waals surface area contributed by atoms with Crippen molar-refractivity contribution in [3.63, 3.8) is 0 Å². The van der Waals surface area contributed by atoms with E-state index in [0.717, 1.165) is 32.6 Å². The molecule has 0 spiro atoms. The largest absolute Gasteiger partial charge is 0.346 e. The second kappa shape index (κ2) is 6.87. The Labute approximate surface area is 127 Å². The Bertz CT molecular complexity index is 422. The van der Waals surface area contributed by atoms with Gasteiger partial charge in [0.05, 0.1) is 5.69 Å². The van der Waals surface area contributed by atoms with E-state index in [0.29, 0.717) is 18.5 Å². The van der Waals surface area contributed by atoms with Crippen LogP contribution < -0.4 is 10.6 Å². The highest BCUT2D eigenvalue weighted by molar-refractivity contribution is 7.15. The van der Waals surface area contributed by atoms with Crippen molar-refractivity contribution in [2.45, 2.75) is 52.6 Å². The molecule has 1 fully saturated rings. The Balaban J connectivity index is 2.08. The van der Waals surface area contributed by atoms with Crippen LogP contribution in [0.3, 0.4) is 0 Å². The fourth-order valence-corrected chi connectivity index (χ4v) is 3.75. The Kier molecular flexibility index (Phi) is 5.41. The summed E-state index contributed by atoms with van der Waals surface area (Å²) in [5, 5.41) is 1.17. The van der Waals surface area contributed by atoms with Gasteiger partial charge >= 0.3 is 0 Å². The zero-order valence-electron chi connectivity index (χ0n) is 13.2. The third-order valence-electron chi connectivity index (χ3n) is 4.30. The summed E-state index contributed by atoms with van der Waals surface area (Å²) in [6.45, 7) is 14.0. The number of thiazole rings is 1. The highest BCUT2D eigenvalue weighted by atomic mass is 32.1. The van der Waals surface area contributed by atoms with Crippen LogP contribution in [-0.4, -0.2) is 42.1 Å². The third-order valence-corrected chi connectivity index (χ3v) is 5.45. The number of nitrogens with two attached hydrogens (primary N) is 1. The average molecular weight is 296 g/mol. The van der Waals surface area contributed by atoms with E-state index >= 15 is 0 Å². The number of anilines is 1. The molecule has 1 atom stereocenters. The third kappa shape index (κ3) is 3.32. The minimum absolute atomic E-state index is 0.510. The molecule has 1 saturated heterocycles. The van der Waals surface area contributed by atoms with Crippen LogP contribution in [0.1, 0.15) is 50.6 Å². The molecule has 2 heterocycles. The van der Waals surface area contributed by atoms with E-state index in [1.54, 1.807) is 11.3 Å². The topological polar surface area (TPSA) is 45.4 Å². The molecule has 20 heavy (non-hydrogen) atoms. The molecule has 1 aliphatic heterocycles. The zero-order chi connectivity index (χ0) is 14.7. The van der Waals surface area contributed by atoms with Gasteiger partial charge in [0.25, 0.3) is 0 Å². The second-order valence-corrected chi connectivity index (χ2v) is 7.00. The Hall–Kier alpha value is -0.650. The lowest BCUT2D eigenvalue weighted by Crippen LogP contribution is -2.48. The highest BCUT2D eigenvalue weighted by Gasteiger charge is 2.23. The number of nitrogens with zero attached hydrogens (tertiary/aromatic N) is 3. The molecule has 0 saturated carbocycles. The standard InChI is InChI=1S/C15H28N4S/c1-5-12(4)14-13(10-16)20-15(17-14)19-8-6-18(7-9-19)11(2)3/h11-12H,5-10,16H2,1-4H3. The minimum atomic E-state index is 0.510. The van der Waals surface area contributed by atoms with Gasteiger partial charge in [0.1, 0.15) is 0 Å². The predicted octanol–water partition coefficient (Wildman–Crippen LogP) is 2.65. The summed E-state index contributed by atoms with van der Waals surface area (Å²) >= 11 is 1.79. The van der Waals surface area contributed by atoms with Crippen LogP contribution in [0.25, 0.3) is 0 Å². The molecule has 4 nitrogen and oxygen atoms in total. The van der Waals surface area contributed by atoms with Gasteiger partial charge in [-0.15, -0.1) is 11.3 Å². The quantitative estimate of drug-likeness (QED) is 0.907. The molecule has 114 valence electrons. The van der Waals surface area contributed by atoms with E-state index in [1.807, 2.05) is 0 Å². The molecule has 1 aromatic heterocycles. The lowest BCUT2D eigenvalue weighted by molar-refractivity contribution is 0.209. The fourth-order valence-electron chi connectivity index (χ4n) is 2.64. The SMILES string of the molecule is CCC(C)c1nc(N2CCN(C(C)C)CC2)sc1CN. The van der Waals surface area contributed by atoms with Crippen LogP contribution in [0.4, 0.5) is 5.13 Å². The molecule has 1 aliphatic rings. The van der Waals surface area contributed by atoms with Gasteiger partial charge in [0.15, 0.2) is 5.13 Å². The Morgan fingerprint density at radius 1 is 1.20 bits per heavy atom. The number of rotatable bonds is 5. The summed E-state index contributed by atoms with van der Waals surface area (Å²) in [6, 6.07) is 0.642. The fraction of sp³-hybridized carbons (Fsp3) is 0.800. The lowest BCUT2D eigenvalue weighted by atomic mass is 10.0. The molecule has 0 amide bonds. The van der Waals surface area contributed by atoms with Gasteiger partial charge in [-0.3, -0.25) is 4.90 Å². The molecule has 1 unspecified atom stereocenters. The van der Waals surface area contributed by atoms with Crippen molar-refractivity contribution in [2.24, 2.45) is 5.73 Å². The maximum Gasteiger partial charge on any atom is 0.185 e. The van der Waals surface area contributed by atoms with Gasteiger partial charge in [-0.1, -0.05) is 13.8 Å². The van der Waals surface area contributed by atoms with Crippen LogP contribution >= 0.6 is 11.3 Å². The molecule has 0 aromatic carbocycles. The van der Waals surface area contributed by atoms with Crippen LogP contribution in [0.5, 0.6) is 0 Å². The normalized spacial score (nSPS) is 18.8. The second-order valence-electron chi connectivity index (χ2n) is 5.94. The zero-order valence-corrected chi connectivity index (χ0v) is 14.0. The van der Waals surface area contributed by atoms with Gasteiger partial charge in [0.2, 0.25) is 0 Å². The van der Waals surface area contributed by atoms with Gasteiger partial charge in [-0.05, 0) is 26.2 Å². The van der Waals surface area contributed by atoms with Gasteiger partial charge in [0, 0.05) is 43.6 Å². The van der Waals surface area contributed by atoms with E-state index < -0.39 is 0 Å². The monoisotopic (exact) mass is 296 g/mol. The van der Waals surface area contributed by atoms with Gasteiger partial charge < -0.3 is 10.6 Å². The van der Waals surface area contributed by atoms with Crippen molar-refractivity contribution in [3.8, 4) is 0 Å². The van der Waals surface area contributed by atoms with Gasteiger partial charge in [-0.25, -0.2) is 4.98 Å². The summed E-state index contributed by atoms with van der Waals surface area (Å²) in [7, 11) is 0. The minimum Gasteiger partial charge on any atom is -0.346 e. The predicted molar refractivity (Wildman–Crippen MR) is 87.6 cm³/mol. The summed E-state index contributed by atoms with van der Waals surface area (Å²) in [4.78, 5) is 11.1. The molecule has 0 bridgehead atoms. The molecule has 2 rings (SSSR count). The maximum absolute atomic E-state index is 5.89. The van der Waals surface area contributed by atoms with Crippen molar-refractivity contribution >= 4 is 16.5 Å². The van der Waals surface area contributed by atoms with Crippen molar-refractivity contribution in [3.05, 3.63) is 10.6 Å². The van der Waals surface area contributed by atoms with E-state index in [4.69, 9.17) is 10.7 Å². The van der Waals surface area contributed by atoms with Crippen LogP contribution in [0.15, 0.2) is 0 Å². The van der Waals surface area contributed by atoms with E-state index in [1.165, 1.54) is 15.7 Å². The maximum atomic E-state index is 5.89. The first kappa shape index (κ1) is 15.7. The first-order valence-electron chi connectivity index (χ1n) is 7.75. The first-order chi connectivity index (χ1) is 9.56. The van der Waals surface area contributed by atoms with Crippen molar-refractivity contribution in [1.29, 1.82) is 0 Å². The van der Waals surface area contributed by atoms with Crippen LogP contribution in [0, 0.1) is 0 Å². The number of aromatic nitrogens is 1.